The molecule has 4 nitrogen and oxygen atoms in total. The van der Waals surface area contributed by atoms with Crippen molar-refractivity contribution in [2.75, 3.05) is 25.1 Å². The largest absolute Gasteiger partial charge is 0.469 e. The molecule has 0 spiro atoms. The zero-order valence-corrected chi connectivity index (χ0v) is 13.8. The van der Waals surface area contributed by atoms with Crippen LogP contribution >= 0.6 is 23.1 Å². The lowest BCUT2D eigenvalue weighted by Gasteiger charge is -2.11. The van der Waals surface area contributed by atoms with Crippen LogP contribution in [0.4, 0.5) is 0 Å². The molecule has 2 rings (SSSR count). The van der Waals surface area contributed by atoms with Gasteiger partial charge >= 0.3 is 0 Å². The molecule has 0 atom stereocenters. The molecule has 0 aliphatic heterocycles. The topological polar surface area (TPSA) is 49.6 Å². The monoisotopic (exact) mass is 323 g/mol. The fourth-order valence-electron chi connectivity index (χ4n) is 1.76. The molecular weight excluding hydrogens is 302 g/mol. The minimum absolute atomic E-state index is 0.715. The van der Waals surface area contributed by atoms with Crippen LogP contribution in [0.3, 0.4) is 0 Å². The third-order valence-corrected chi connectivity index (χ3v) is 4.29. The van der Waals surface area contributed by atoms with Crippen LogP contribution in [0.5, 0.6) is 0 Å². The maximum atomic E-state index is 5.33. The van der Waals surface area contributed by atoms with Crippen molar-refractivity contribution >= 4 is 29.1 Å². The second-order valence-electron chi connectivity index (χ2n) is 4.42. The lowest BCUT2D eigenvalue weighted by atomic mass is 10.3. The fourth-order valence-corrected chi connectivity index (χ4v) is 2.70. The van der Waals surface area contributed by atoms with Gasteiger partial charge in [-0.2, -0.15) is 11.8 Å². The maximum Gasteiger partial charge on any atom is 0.191 e. The summed E-state index contributed by atoms with van der Waals surface area (Å²) in [7, 11) is 0. The number of furan rings is 1. The molecule has 6 heteroatoms. The van der Waals surface area contributed by atoms with Gasteiger partial charge in [0.15, 0.2) is 5.96 Å². The molecule has 0 amide bonds. The molecule has 0 aromatic carbocycles. The van der Waals surface area contributed by atoms with Crippen molar-refractivity contribution in [3.05, 3.63) is 46.5 Å². The third-order valence-electron chi connectivity index (χ3n) is 2.82. The van der Waals surface area contributed by atoms with Gasteiger partial charge in [-0.25, -0.2) is 4.99 Å². The Morgan fingerprint density at radius 2 is 2.19 bits per heavy atom. The summed E-state index contributed by atoms with van der Waals surface area (Å²) in [6.07, 6.45) is 4.67. The summed E-state index contributed by atoms with van der Waals surface area (Å²) in [5.41, 5.74) is 0. The van der Waals surface area contributed by atoms with Crippen LogP contribution in [0, 0.1) is 0 Å². The van der Waals surface area contributed by atoms with E-state index in [9.17, 15) is 0 Å². The lowest BCUT2D eigenvalue weighted by molar-refractivity contribution is 0.507. The van der Waals surface area contributed by atoms with Gasteiger partial charge in [0.2, 0.25) is 0 Å². The number of rotatable bonds is 8. The van der Waals surface area contributed by atoms with Crippen LogP contribution in [0.15, 0.2) is 45.3 Å². The van der Waals surface area contributed by atoms with Gasteiger partial charge in [-0.1, -0.05) is 6.07 Å². The zero-order valence-electron chi connectivity index (χ0n) is 12.2. The van der Waals surface area contributed by atoms with Crippen molar-refractivity contribution in [2.45, 2.75) is 13.0 Å². The van der Waals surface area contributed by atoms with E-state index in [0.717, 1.165) is 37.0 Å². The summed E-state index contributed by atoms with van der Waals surface area (Å²) < 4.78 is 5.33. The molecule has 2 aromatic rings. The van der Waals surface area contributed by atoms with Gasteiger partial charge in [0.1, 0.15) is 5.76 Å². The van der Waals surface area contributed by atoms with Gasteiger partial charge in [-0.15, -0.1) is 11.3 Å². The minimum Gasteiger partial charge on any atom is -0.469 e. The molecular formula is C15H21N3OS2. The predicted octanol–water partition coefficient (Wildman–Crippen LogP) is 2.98. The Bertz CT molecular complexity index is 509. The summed E-state index contributed by atoms with van der Waals surface area (Å²) >= 11 is 3.56. The fraction of sp³-hybridized carbons (Fsp3) is 0.400. The van der Waals surface area contributed by atoms with Crippen LogP contribution in [-0.4, -0.2) is 31.1 Å². The number of aliphatic imine (C=N–C) groups is 1. The van der Waals surface area contributed by atoms with Crippen molar-refractivity contribution in [1.82, 2.24) is 10.6 Å². The highest BCUT2D eigenvalue weighted by Gasteiger charge is 2.00. The van der Waals surface area contributed by atoms with Crippen molar-refractivity contribution in [1.29, 1.82) is 0 Å². The minimum atomic E-state index is 0.715. The molecule has 0 bridgehead atoms. The molecule has 21 heavy (non-hydrogen) atoms. The number of thioether (sulfide) groups is 1. The van der Waals surface area contributed by atoms with Crippen LogP contribution < -0.4 is 10.6 Å². The molecule has 2 aromatic heterocycles. The molecule has 0 aliphatic carbocycles. The van der Waals surface area contributed by atoms with Crippen molar-refractivity contribution < 1.29 is 4.42 Å². The van der Waals surface area contributed by atoms with Gasteiger partial charge in [0.05, 0.1) is 12.8 Å². The highest BCUT2D eigenvalue weighted by molar-refractivity contribution is 7.98. The first kappa shape index (κ1) is 16.0. The van der Waals surface area contributed by atoms with Crippen LogP contribution in [0.25, 0.3) is 0 Å². The lowest BCUT2D eigenvalue weighted by Crippen LogP contribution is -2.39. The Kier molecular flexibility index (Phi) is 7.24. The van der Waals surface area contributed by atoms with E-state index in [1.165, 1.54) is 4.88 Å². The second kappa shape index (κ2) is 9.52. The summed E-state index contributed by atoms with van der Waals surface area (Å²) in [4.78, 5) is 5.89. The molecule has 0 unspecified atom stereocenters. The number of guanidine groups is 1. The smallest absolute Gasteiger partial charge is 0.191 e. The maximum absolute atomic E-state index is 5.33. The normalized spacial score (nSPS) is 11.6. The molecule has 0 radical (unpaired) electrons. The number of thiophene rings is 1. The highest BCUT2D eigenvalue weighted by Crippen LogP contribution is 2.09. The van der Waals surface area contributed by atoms with E-state index in [2.05, 4.69) is 39.4 Å². The Morgan fingerprint density at radius 3 is 2.90 bits per heavy atom. The molecule has 114 valence electrons. The van der Waals surface area contributed by atoms with Crippen molar-refractivity contribution in [3.8, 4) is 0 Å². The van der Waals surface area contributed by atoms with Gasteiger partial charge in [-0.05, 0) is 29.8 Å². The molecule has 2 heterocycles. The molecule has 0 aliphatic rings. The highest BCUT2D eigenvalue weighted by atomic mass is 32.2. The summed E-state index contributed by atoms with van der Waals surface area (Å²) in [5.74, 6) is 2.92. The molecule has 0 saturated carbocycles. The van der Waals surface area contributed by atoms with Gasteiger partial charge in [0.25, 0.3) is 0 Å². The first-order valence-corrected chi connectivity index (χ1v) is 9.21. The first-order chi connectivity index (χ1) is 10.4. The van der Waals surface area contributed by atoms with E-state index >= 15 is 0 Å². The van der Waals surface area contributed by atoms with E-state index in [1.54, 1.807) is 17.6 Å². The number of hydrogen-bond acceptors (Lipinski definition) is 4. The number of hydrogen-bond donors (Lipinski definition) is 2. The average molecular weight is 323 g/mol. The molecule has 0 saturated heterocycles. The zero-order chi connectivity index (χ0) is 14.8. The van der Waals surface area contributed by atoms with E-state index in [4.69, 9.17) is 4.42 Å². The SMILES string of the molecule is CSCCNC(=NCc1cccs1)NCCc1ccco1. The van der Waals surface area contributed by atoms with Crippen LogP contribution in [-0.2, 0) is 13.0 Å². The Labute approximate surface area is 134 Å². The Hall–Kier alpha value is -1.40. The number of nitrogens with one attached hydrogen (secondary N) is 2. The quantitative estimate of drug-likeness (QED) is 0.445. The molecule has 2 N–H and O–H groups in total. The van der Waals surface area contributed by atoms with Crippen molar-refractivity contribution in [2.24, 2.45) is 4.99 Å². The van der Waals surface area contributed by atoms with Crippen LogP contribution in [0.1, 0.15) is 10.6 Å². The van der Waals surface area contributed by atoms with E-state index in [1.807, 2.05) is 23.9 Å². The van der Waals surface area contributed by atoms with E-state index < -0.39 is 0 Å². The Morgan fingerprint density at radius 1 is 1.29 bits per heavy atom. The molecule has 0 fully saturated rings. The second-order valence-corrected chi connectivity index (χ2v) is 6.44. The summed E-state index contributed by atoms with van der Waals surface area (Å²) in [6, 6.07) is 8.07. The summed E-state index contributed by atoms with van der Waals surface area (Å²) in [5, 5.41) is 8.79. The van der Waals surface area contributed by atoms with Gasteiger partial charge in [0, 0.05) is 30.1 Å². The van der Waals surface area contributed by atoms with E-state index in [0.29, 0.717) is 6.54 Å². The van der Waals surface area contributed by atoms with Crippen LogP contribution in [0.2, 0.25) is 0 Å². The standard InChI is InChI=1S/C15H21N3OS2/c1-20-11-8-17-15(18-12-14-5-3-10-21-14)16-7-6-13-4-2-9-19-13/h2-5,9-10H,6-8,11-12H2,1H3,(H2,16,17,18). The van der Waals surface area contributed by atoms with Gasteiger partial charge in [-0.3, -0.25) is 0 Å². The van der Waals surface area contributed by atoms with Gasteiger partial charge < -0.3 is 15.1 Å². The summed E-state index contributed by atoms with van der Waals surface area (Å²) in [6.45, 7) is 2.44. The first-order valence-electron chi connectivity index (χ1n) is 6.94. The predicted molar refractivity (Wildman–Crippen MR) is 92.3 cm³/mol. The number of nitrogens with zero attached hydrogens (tertiary/aromatic N) is 1. The Balaban J connectivity index is 1.80. The van der Waals surface area contributed by atoms with E-state index in [-0.39, 0.29) is 0 Å². The third kappa shape index (κ3) is 6.27. The van der Waals surface area contributed by atoms with Crippen molar-refractivity contribution in [3.63, 3.8) is 0 Å². The average Bonchev–Trinajstić information content (AvgIpc) is 3.18.